The molecule has 1 fully saturated rings. The van der Waals surface area contributed by atoms with Crippen molar-refractivity contribution in [1.82, 2.24) is 9.88 Å². The third-order valence-corrected chi connectivity index (χ3v) is 4.88. The SMILES string of the molecule is Cc1cc(O[C@@H]2CCCN(C(=O)CC#N)C2)c2cc(OC(C)C)c(C(N)=O)cc2n1. The van der Waals surface area contributed by atoms with E-state index >= 15 is 0 Å². The maximum Gasteiger partial charge on any atom is 0.252 e. The molecule has 2 N–H and O–H groups in total. The molecular formula is C22H26N4O4. The van der Waals surface area contributed by atoms with Gasteiger partial charge in [-0.1, -0.05) is 0 Å². The van der Waals surface area contributed by atoms with Crippen molar-refractivity contribution in [3.05, 3.63) is 29.5 Å². The minimum atomic E-state index is -0.586. The zero-order valence-corrected chi connectivity index (χ0v) is 17.5. The van der Waals surface area contributed by atoms with Crippen LogP contribution >= 0.6 is 0 Å². The van der Waals surface area contributed by atoms with Gasteiger partial charge in [-0.3, -0.25) is 14.6 Å². The molecule has 1 saturated heterocycles. The molecule has 0 saturated carbocycles. The fourth-order valence-corrected chi connectivity index (χ4v) is 3.61. The van der Waals surface area contributed by atoms with Crippen molar-refractivity contribution < 1.29 is 19.1 Å². The molecule has 1 aliphatic heterocycles. The molecule has 2 amide bonds. The van der Waals surface area contributed by atoms with Crippen molar-refractivity contribution in [3.63, 3.8) is 0 Å². The Morgan fingerprint density at radius 3 is 2.77 bits per heavy atom. The quantitative estimate of drug-likeness (QED) is 0.782. The predicted octanol–water partition coefficient (Wildman–Crippen LogP) is 2.71. The van der Waals surface area contributed by atoms with E-state index in [0.717, 1.165) is 18.5 Å². The summed E-state index contributed by atoms with van der Waals surface area (Å²) in [6, 6.07) is 7.10. The van der Waals surface area contributed by atoms with Crippen LogP contribution in [0.5, 0.6) is 11.5 Å². The number of aryl methyl sites for hydroxylation is 1. The second-order valence-corrected chi connectivity index (χ2v) is 7.71. The lowest BCUT2D eigenvalue weighted by molar-refractivity contribution is -0.132. The van der Waals surface area contributed by atoms with Gasteiger partial charge in [-0.05, 0) is 45.7 Å². The van der Waals surface area contributed by atoms with Gasteiger partial charge < -0.3 is 20.1 Å². The largest absolute Gasteiger partial charge is 0.490 e. The summed E-state index contributed by atoms with van der Waals surface area (Å²) in [7, 11) is 0. The van der Waals surface area contributed by atoms with Crippen molar-refractivity contribution in [2.45, 2.75) is 52.2 Å². The minimum Gasteiger partial charge on any atom is -0.490 e. The van der Waals surface area contributed by atoms with Crippen LogP contribution in [0.15, 0.2) is 18.2 Å². The smallest absolute Gasteiger partial charge is 0.252 e. The number of fused-ring (bicyclic) bond motifs is 1. The number of nitriles is 1. The number of aromatic nitrogens is 1. The first-order valence-corrected chi connectivity index (χ1v) is 10.0. The van der Waals surface area contributed by atoms with Gasteiger partial charge in [0.05, 0.1) is 29.8 Å². The van der Waals surface area contributed by atoms with Gasteiger partial charge in [0.15, 0.2) is 0 Å². The lowest BCUT2D eigenvalue weighted by Crippen LogP contribution is -2.44. The van der Waals surface area contributed by atoms with Gasteiger partial charge in [0.25, 0.3) is 5.91 Å². The van der Waals surface area contributed by atoms with E-state index in [-0.39, 0.29) is 30.1 Å². The summed E-state index contributed by atoms with van der Waals surface area (Å²) in [5.74, 6) is 0.231. The molecule has 2 heterocycles. The van der Waals surface area contributed by atoms with E-state index in [0.29, 0.717) is 35.5 Å². The van der Waals surface area contributed by atoms with Crippen LogP contribution in [0.1, 0.15) is 49.2 Å². The zero-order chi connectivity index (χ0) is 21.8. The van der Waals surface area contributed by atoms with Gasteiger partial charge in [0.1, 0.15) is 24.0 Å². The molecule has 1 aliphatic rings. The number of carbonyl (C=O) groups is 2. The first-order chi connectivity index (χ1) is 14.3. The summed E-state index contributed by atoms with van der Waals surface area (Å²) in [6.07, 6.45) is 1.14. The van der Waals surface area contributed by atoms with Crippen molar-refractivity contribution in [2.24, 2.45) is 5.73 Å². The van der Waals surface area contributed by atoms with Crippen LogP contribution in [0.2, 0.25) is 0 Å². The first-order valence-electron chi connectivity index (χ1n) is 10.0. The van der Waals surface area contributed by atoms with Crippen molar-refractivity contribution >= 4 is 22.7 Å². The van der Waals surface area contributed by atoms with E-state index in [2.05, 4.69) is 4.98 Å². The van der Waals surface area contributed by atoms with Gasteiger partial charge >= 0.3 is 0 Å². The number of ether oxygens (including phenoxy) is 2. The van der Waals surface area contributed by atoms with Gasteiger partial charge in [-0.15, -0.1) is 0 Å². The molecule has 2 aromatic rings. The van der Waals surface area contributed by atoms with E-state index in [4.69, 9.17) is 20.5 Å². The standard InChI is InChI=1S/C22H26N4O4/c1-13(2)29-20-11-16-18(10-17(20)22(24)28)25-14(3)9-19(16)30-15-5-4-8-26(12-15)21(27)6-7-23/h9-11,13,15H,4-6,8,12H2,1-3H3,(H2,24,28)/t15-/m1/s1. The highest BCUT2D eigenvalue weighted by Crippen LogP contribution is 2.33. The Kier molecular flexibility index (Phi) is 6.40. The summed E-state index contributed by atoms with van der Waals surface area (Å²) in [4.78, 5) is 30.2. The molecular weight excluding hydrogens is 384 g/mol. The van der Waals surface area contributed by atoms with Crippen LogP contribution in [0.3, 0.4) is 0 Å². The number of amides is 2. The second-order valence-electron chi connectivity index (χ2n) is 7.71. The third-order valence-electron chi connectivity index (χ3n) is 4.88. The summed E-state index contributed by atoms with van der Waals surface area (Å²) in [6.45, 7) is 6.64. The van der Waals surface area contributed by atoms with Crippen LogP contribution < -0.4 is 15.2 Å². The van der Waals surface area contributed by atoms with Crippen molar-refractivity contribution in [2.75, 3.05) is 13.1 Å². The molecule has 8 heteroatoms. The minimum absolute atomic E-state index is 0.129. The van der Waals surface area contributed by atoms with E-state index < -0.39 is 5.91 Å². The first kappa shape index (κ1) is 21.4. The molecule has 3 rings (SSSR count). The fraction of sp³-hybridized carbons (Fsp3) is 0.455. The molecule has 0 spiro atoms. The number of carbonyl (C=O) groups excluding carboxylic acids is 2. The Labute approximate surface area is 175 Å². The maximum atomic E-state index is 12.1. The van der Waals surface area contributed by atoms with E-state index in [1.807, 2.05) is 32.9 Å². The number of piperidine rings is 1. The molecule has 0 aliphatic carbocycles. The Morgan fingerprint density at radius 2 is 2.10 bits per heavy atom. The number of primary amides is 1. The molecule has 1 aromatic carbocycles. The monoisotopic (exact) mass is 410 g/mol. The van der Waals surface area contributed by atoms with Crippen molar-refractivity contribution in [1.29, 1.82) is 5.26 Å². The number of likely N-dealkylation sites (tertiary alicyclic amines) is 1. The number of nitrogens with zero attached hydrogens (tertiary/aromatic N) is 3. The molecule has 30 heavy (non-hydrogen) atoms. The molecule has 0 radical (unpaired) electrons. The number of pyridine rings is 1. The van der Waals surface area contributed by atoms with Crippen LogP contribution in [-0.4, -0.2) is 47.0 Å². The van der Waals surface area contributed by atoms with E-state index in [1.165, 1.54) is 0 Å². The van der Waals surface area contributed by atoms with Crippen LogP contribution in [0.25, 0.3) is 10.9 Å². The lowest BCUT2D eigenvalue weighted by atomic mass is 10.1. The summed E-state index contributed by atoms with van der Waals surface area (Å²) in [5, 5.41) is 9.50. The van der Waals surface area contributed by atoms with E-state index in [9.17, 15) is 9.59 Å². The highest BCUT2D eigenvalue weighted by molar-refractivity contribution is 6.01. The Hall–Kier alpha value is -3.34. The van der Waals surface area contributed by atoms with Crippen LogP contribution in [-0.2, 0) is 4.79 Å². The molecule has 1 aromatic heterocycles. The highest BCUT2D eigenvalue weighted by Gasteiger charge is 2.26. The summed E-state index contributed by atoms with van der Waals surface area (Å²) < 4.78 is 12.1. The summed E-state index contributed by atoms with van der Waals surface area (Å²) in [5.41, 5.74) is 7.13. The average molecular weight is 410 g/mol. The second kappa shape index (κ2) is 8.99. The highest BCUT2D eigenvalue weighted by atomic mass is 16.5. The van der Waals surface area contributed by atoms with Gasteiger partial charge in [0.2, 0.25) is 5.91 Å². The Balaban J connectivity index is 1.96. The van der Waals surface area contributed by atoms with Gasteiger partial charge in [0, 0.05) is 23.7 Å². The number of hydrogen-bond donors (Lipinski definition) is 1. The topological polar surface area (TPSA) is 119 Å². The molecule has 1 atom stereocenters. The van der Waals surface area contributed by atoms with E-state index in [1.54, 1.807) is 17.0 Å². The lowest BCUT2D eigenvalue weighted by Gasteiger charge is -2.32. The number of nitrogens with two attached hydrogens (primary N) is 1. The van der Waals surface area contributed by atoms with Crippen molar-refractivity contribution in [3.8, 4) is 17.6 Å². The third kappa shape index (κ3) is 4.79. The number of rotatable bonds is 6. The molecule has 8 nitrogen and oxygen atoms in total. The average Bonchev–Trinajstić information content (AvgIpc) is 2.67. The normalized spacial score (nSPS) is 16.4. The molecule has 158 valence electrons. The van der Waals surface area contributed by atoms with Crippen LogP contribution in [0.4, 0.5) is 0 Å². The predicted molar refractivity (Wildman–Crippen MR) is 111 cm³/mol. The molecule has 0 unspecified atom stereocenters. The summed E-state index contributed by atoms with van der Waals surface area (Å²) >= 11 is 0. The number of benzene rings is 1. The van der Waals surface area contributed by atoms with Crippen LogP contribution in [0, 0.1) is 18.3 Å². The maximum absolute atomic E-state index is 12.1. The Morgan fingerprint density at radius 1 is 1.33 bits per heavy atom. The Bertz CT molecular complexity index is 1010. The molecule has 0 bridgehead atoms. The fourth-order valence-electron chi connectivity index (χ4n) is 3.61. The van der Waals surface area contributed by atoms with Gasteiger partial charge in [-0.25, -0.2) is 0 Å². The van der Waals surface area contributed by atoms with Gasteiger partial charge in [-0.2, -0.15) is 5.26 Å². The zero-order valence-electron chi connectivity index (χ0n) is 17.5. The number of hydrogen-bond acceptors (Lipinski definition) is 6.